The Hall–Kier alpha value is -5.98. The molecule has 0 heterocycles. The fourth-order valence-electron chi connectivity index (χ4n) is 9.27. The van der Waals surface area contributed by atoms with E-state index in [-0.39, 0.29) is 0 Å². The van der Waals surface area contributed by atoms with Crippen molar-refractivity contribution < 1.29 is 0 Å². The highest BCUT2D eigenvalue weighted by molar-refractivity contribution is 6.45. The van der Waals surface area contributed by atoms with E-state index in [1.54, 1.807) is 0 Å². The first-order valence-corrected chi connectivity index (χ1v) is 17.0. The number of benzene rings is 9. The molecule has 11 aromatic carbocycles. The van der Waals surface area contributed by atoms with Crippen LogP contribution >= 0.6 is 0 Å². The fraction of sp³-hybridized carbons (Fsp3) is 0.0417. The lowest BCUT2D eigenvalue weighted by Gasteiger charge is -2.18. The maximum absolute atomic E-state index is 4.41. The van der Waals surface area contributed by atoms with Gasteiger partial charge in [0.15, 0.2) is 0 Å². The van der Waals surface area contributed by atoms with Gasteiger partial charge >= 0.3 is 0 Å². The largest absolute Gasteiger partial charge is 0.0985 e. The highest BCUT2D eigenvalue weighted by Gasteiger charge is 2.26. The van der Waals surface area contributed by atoms with Crippen LogP contribution in [0.25, 0.3) is 114 Å². The summed E-state index contributed by atoms with van der Waals surface area (Å²) >= 11 is 0. The molecule has 0 N–H and O–H groups in total. The zero-order valence-electron chi connectivity index (χ0n) is 26.7. The highest BCUT2D eigenvalue weighted by Crippen LogP contribution is 2.54. The van der Waals surface area contributed by atoms with Crippen molar-refractivity contribution in [1.82, 2.24) is 0 Å². The molecule has 11 aromatic rings. The molecule has 0 nitrogen and oxygen atoms in total. The maximum atomic E-state index is 4.41. The van der Waals surface area contributed by atoms with Crippen molar-refractivity contribution in [2.24, 2.45) is 0 Å². The first-order chi connectivity index (χ1) is 23.7. The van der Waals surface area contributed by atoms with E-state index in [9.17, 15) is 0 Å². The quantitative estimate of drug-likeness (QED) is 0.138. The Morgan fingerprint density at radius 2 is 1.10 bits per heavy atom. The van der Waals surface area contributed by atoms with Gasteiger partial charge in [0.1, 0.15) is 0 Å². The first-order valence-electron chi connectivity index (χ1n) is 17.0. The molecule has 0 atom stereocenters. The molecule has 0 fully saturated rings. The second-order valence-corrected chi connectivity index (χ2v) is 13.4. The van der Waals surface area contributed by atoms with Crippen molar-refractivity contribution in [1.29, 1.82) is 0 Å². The molecule has 0 aliphatic rings. The van der Waals surface area contributed by atoms with Crippen LogP contribution in [-0.2, 0) is 0 Å². The summed E-state index contributed by atoms with van der Waals surface area (Å²) in [5.74, 6) is 0. The molecule has 0 saturated heterocycles. The first kappa shape index (κ1) is 26.1. The van der Waals surface area contributed by atoms with Crippen LogP contribution in [0.3, 0.4) is 0 Å². The topological polar surface area (TPSA) is 0 Å². The SMILES string of the molecule is C=CC(=CCC)c1c2cc3c(cc2c(-c2ccccc2)c2c4ccc5ccc6cccc7cc(c12)c4c5c67)c1cccc2cccc3c21. The van der Waals surface area contributed by atoms with Gasteiger partial charge in [-0.25, -0.2) is 0 Å². The van der Waals surface area contributed by atoms with E-state index < -0.39 is 0 Å². The molecule has 0 bridgehead atoms. The number of rotatable bonds is 4. The van der Waals surface area contributed by atoms with Gasteiger partial charge in [-0.1, -0.05) is 135 Å². The molecular formula is C48H30. The van der Waals surface area contributed by atoms with Crippen LogP contribution in [0.2, 0.25) is 0 Å². The molecule has 0 aliphatic heterocycles. The summed E-state index contributed by atoms with van der Waals surface area (Å²) in [4.78, 5) is 0. The van der Waals surface area contributed by atoms with Gasteiger partial charge in [-0.05, 0) is 144 Å². The summed E-state index contributed by atoms with van der Waals surface area (Å²) in [6, 6.07) is 48.2. The fourth-order valence-corrected chi connectivity index (χ4v) is 9.27. The van der Waals surface area contributed by atoms with E-state index in [1.807, 2.05) is 0 Å². The molecular weight excluding hydrogens is 577 g/mol. The monoisotopic (exact) mass is 606 g/mol. The van der Waals surface area contributed by atoms with Gasteiger partial charge in [0.25, 0.3) is 0 Å². The van der Waals surface area contributed by atoms with Crippen LogP contribution in [0.15, 0.2) is 146 Å². The minimum atomic E-state index is 0.937. The molecule has 0 amide bonds. The van der Waals surface area contributed by atoms with Crippen LogP contribution in [0.4, 0.5) is 0 Å². The number of hydrogen-bond donors (Lipinski definition) is 0. The summed E-state index contributed by atoms with van der Waals surface area (Å²) in [5.41, 5.74) is 5.07. The van der Waals surface area contributed by atoms with Gasteiger partial charge in [-0.2, -0.15) is 0 Å². The predicted octanol–water partition coefficient (Wildman–Crippen LogP) is 14.0. The van der Waals surface area contributed by atoms with E-state index in [1.165, 1.54) is 119 Å². The molecule has 48 heavy (non-hydrogen) atoms. The lowest BCUT2D eigenvalue weighted by atomic mass is 9.85. The van der Waals surface area contributed by atoms with E-state index in [0.717, 1.165) is 6.42 Å². The normalized spacial score (nSPS) is 13.0. The number of allylic oxidation sites excluding steroid dienone is 3. The second kappa shape index (κ2) is 9.31. The van der Waals surface area contributed by atoms with Crippen LogP contribution in [0, 0.1) is 0 Å². The standard InChI is InChI=1S/C48H30/c1-3-11-27(4-2)43-38-25-36-33-18-9-15-28-16-10-19-34(42(28)33)37(36)26-39(38)44(29-12-6-5-7-13-29)47-35-23-22-31-21-20-30-14-8-17-32-24-40(48(43)47)46(35)45(31)41(30)32/h4-26H,2-3H2,1H3. The average Bonchev–Trinajstić information content (AvgIpc) is 3.63. The van der Waals surface area contributed by atoms with Crippen LogP contribution in [0.1, 0.15) is 18.9 Å². The molecule has 11 rings (SSSR count). The molecule has 0 saturated carbocycles. The number of fused-ring (bicyclic) bond motifs is 7. The molecule has 0 unspecified atom stereocenters. The Morgan fingerprint density at radius 3 is 1.83 bits per heavy atom. The summed E-state index contributed by atoms with van der Waals surface area (Å²) in [6.07, 6.45) is 5.38. The zero-order chi connectivity index (χ0) is 31.7. The van der Waals surface area contributed by atoms with E-state index >= 15 is 0 Å². The van der Waals surface area contributed by atoms with Gasteiger partial charge in [0, 0.05) is 0 Å². The van der Waals surface area contributed by atoms with E-state index in [4.69, 9.17) is 0 Å². The molecule has 0 heteroatoms. The van der Waals surface area contributed by atoms with Crippen LogP contribution < -0.4 is 0 Å². The summed E-state index contributed by atoms with van der Waals surface area (Å²) < 4.78 is 0. The number of hydrogen-bond acceptors (Lipinski definition) is 0. The smallest absolute Gasteiger partial charge is 0.000730 e. The molecule has 0 spiro atoms. The van der Waals surface area contributed by atoms with Crippen molar-refractivity contribution >= 4 is 103 Å². The van der Waals surface area contributed by atoms with Crippen LogP contribution in [0.5, 0.6) is 0 Å². The average molecular weight is 607 g/mol. The highest BCUT2D eigenvalue weighted by atomic mass is 14.3. The lowest BCUT2D eigenvalue weighted by molar-refractivity contribution is 1.23. The lowest BCUT2D eigenvalue weighted by Crippen LogP contribution is -1.92. The van der Waals surface area contributed by atoms with Gasteiger partial charge in [-0.15, -0.1) is 0 Å². The van der Waals surface area contributed by atoms with Crippen molar-refractivity contribution in [3.05, 3.63) is 152 Å². The molecule has 0 radical (unpaired) electrons. The predicted molar refractivity (Wildman–Crippen MR) is 211 cm³/mol. The Labute approximate surface area is 277 Å². The van der Waals surface area contributed by atoms with Gasteiger partial charge in [-0.3, -0.25) is 0 Å². The third-order valence-corrected chi connectivity index (χ3v) is 11.1. The van der Waals surface area contributed by atoms with Gasteiger partial charge in [0.2, 0.25) is 0 Å². The summed E-state index contributed by atoms with van der Waals surface area (Å²) in [6.45, 7) is 6.64. The van der Waals surface area contributed by atoms with Crippen molar-refractivity contribution in [3.63, 3.8) is 0 Å². The third kappa shape index (κ3) is 3.15. The third-order valence-electron chi connectivity index (χ3n) is 11.1. The molecule has 0 aromatic heterocycles. The van der Waals surface area contributed by atoms with Crippen LogP contribution in [-0.4, -0.2) is 0 Å². The zero-order valence-corrected chi connectivity index (χ0v) is 26.7. The van der Waals surface area contributed by atoms with E-state index in [2.05, 4.69) is 153 Å². The Morgan fingerprint density at radius 1 is 0.458 bits per heavy atom. The minimum absolute atomic E-state index is 0.937. The Kier molecular flexibility index (Phi) is 5.07. The minimum Gasteiger partial charge on any atom is -0.0985 e. The molecule has 222 valence electrons. The van der Waals surface area contributed by atoms with Gasteiger partial charge < -0.3 is 0 Å². The summed E-state index contributed by atoms with van der Waals surface area (Å²) in [5, 5.41) is 23.9. The van der Waals surface area contributed by atoms with Crippen molar-refractivity contribution in [3.8, 4) is 11.1 Å². The maximum Gasteiger partial charge on any atom is -0.000730 e. The summed E-state index contributed by atoms with van der Waals surface area (Å²) in [7, 11) is 0. The Balaban J connectivity index is 1.50. The second-order valence-electron chi connectivity index (χ2n) is 13.4. The molecule has 0 aliphatic carbocycles. The van der Waals surface area contributed by atoms with Crippen molar-refractivity contribution in [2.45, 2.75) is 13.3 Å². The van der Waals surface area contributed by atoms with Crippen molar-refractivity contribution in [2.75, 3.05) is 0 Å². The Bertz CT molecular complexity index is 3130. The van der Waals surface area contributed by atoms with Gasteiger partial charge in [0.05, 0.1) is 0 Å². The van der Waals surface area contributed by atoms with E-state index in [0.29, 0.717) is 0 Å².